The third-order valence-corrected chi connectivity index (χ3v) is 2.75. The van der Waals surface area contributed by atoms with Crippen molar-refractivity contribution in [1.29, 1.82) is 0 Å². The number of aromatic nitrogens is 2. The molecule has 1 heterocycles. The minimum absolute atomic E-state index is 0.0374. The number of rotatable bonds is 4. The summed E-state index contributed by atoms with van der Waals surface area (Å²) in [6.45, 7) is 0.149. The Morgan fingerprint density at radius 2 is 2.05 bits per heavy atom. The van der Waals surface area contributed by atoms with Crippen molar-refractivity contribution < 1.29 is 9.13 Å². The summed E-state index contributed by atoms with van der Waals surface area (Å²) in [7, 11) is 1.45. The van der Waals surface area contributed by atoms with Gasteiger partial charge < -0.3 is 10.5 Å². The van der Waals surface area contributed by atoms with Crippen LogP contribution in [0.15, 0.2) is 35.1 Å². The van der Waals surface area contributed by atoms with Crippen molar-refractivity contribution in [3.05, 3.63) is 57.6 Å². The predicted molar refractivity (Wildman–Crippen MR) is 68.4 cm³/mol. The summed E-state index contributed by atoms with van der Waals surface area (Å²) >= 11 is 0. The summed E-state index contributed by atoms with van der Waals surface area (Å²) in [6, 6.07) is 7.70. The second-order valence-electron chi connectivity index (χ2n) is 3.97. The lowest BCUT2D eigenvalue weighted by atomic mass is 10.1. The number of nitrogens with zero attached hydrogens (tertiary/aromatic N) is 2. The van der Waals surface area contributed by atoms with Crippen LogP contribution < -0.4 is 16.0 Å². The Labute approximate surface area is 109 Å². The maximum Gasteiger partial charge on any atom is 0.267 e. The van der Waals surface area contributed by atoms with Gasteiger partial charge in [0.15, 0.2) is 0 Å². The van der Waals surface area contributed by atoms with E-state index in [0.717, 1.165) is 4.68 Å². The van der Waals surface area contributed by atoms with Gasteiger partial charge in [0.05, 0.1) is 13.7 Å². The average Bonchev–Trinajstić information content (AvgIpc) is 2.43. The van der Waals surface area contributed by atoms with Crippen LogP contribution >= 0.6 is 0 Å². The lowest BCUT2D eigenvalue weighted by Crippen LogP contribution is -2.23. The Morgan fingerprint density at radius 1 is 1.32 bits per heavy atom. The normalized spacial score (nSPS) is 10.5. The molecule has 100 valence electrons. The Kier molecular flexibility index (Phi) is 3.91. The number of methoxy groups -OCH3 is 1. The molecule has 0 saturated heterocycles. The molecule has 2 aromatic rings. The van der Waals surface area contributed by atoms with Crippen molar-refractivity contribution in [3.63, 3.8) is 0 Å². The molecule has 0 radical (unpaired) electrons. The van der Waals surface area contributed by atoms with Crippen molar-refractivity contribution in [3.8, 4) is 5.88 Å². The van der Waals surface area contributed by atoms with Crippen molar-refractivity contribution in [1.82, 2.24) is 9.78 Å². The quantitative estimate of drug-likeness (QED) is 0.889. The average molecular weight is 263 g/mol. The summed E-state index contributed by atoms with van der Waals surface area (Å²) in [6.07, 6.45) is 0. The molecule has 1 aromatic carbocycles. The second-order valence-corrected chi connectivity index (χ2v) is 3.97. The highest BCUT2D eigenvalue weighted by Crippen LogP contribution is 2.13. The van der Waals surface area contributed by atoms with Crippen LogP contribution in [0.2, 0.25) is 0 Å². The minimum atomic E-state index is -0.401. The molecule has 2 N–H and O–H groups in total. The molecule has 0 saturated carbocycles. The third-order valence-electron chi connectivity index (χ3n) is 2.75. The first-order chi connectivity index (χ1) is 9.15. The summed E-state index contributed by atoms with van der Waals surface area (Å²) in [5.74, 6) is -0.100. The fraction of sp³-hybridized carbons (Fsp3) is 0.231. The van der Waals surface area contributed by atoms with Crippen molar-refractivity contribution in [2.45, 2.75) is 13.1 Å². The van der Waals surface area contributed by atoms with Gasteiger partial charge in [-0.2, -0.15) is 0 Å². The van der Waals surface area contributed by atoms with Crippen LogP contribution in [-0.4, -0.2) is 16.9 Å². The molecule has 0 unspecified atom stereocenters. The smallest absolute Gasteiger partial charge is 0.267 e. The van der Waals surface area contributed by atoms with E-state index in [4.69, 9.17) is 10.5 Å². The van der Waals surface area contributed by atoms with Gasteiger partial charge in [0.1, 0.15) is 5.82 Å². The first kappa shape index (κ1) is 13.2. The van der Waals surface area contributed by atoms with E-state index in [1.807, 2.05) is 0 Å². The van der Waals surface area contributed by atoms with Gasteiger partial charge in [-0.1, -0.05) is 18.2 Å². The molecule has 0 bridgehead atoms. The van der Waals surface area contributed by atoms with Crippen LogP contribution in [0.3, 0.4) is 0 Å². The summed E-state index contributed by atoms with van der Waals surface area (Å²) in [5.41, 5.74) is 5.90. The third kappa shape index (κ3) is 2.79. The Balaban J connectivity index is 2.38. The molecular formula is C13H14FN3O2. The number of benzene rings is 1. The van der Waals surface area contributed by atoms with Crippen molar-refractivity contribution in [2.24, 2.45) is 5.73 Å². The lowest BCUT2D eigenvalue weighted by molar-refractivity contribution is 0.378. The van der Waals surface area contributed by atoms with E-state index in [1.54, 1.807) is 18.2 Å². The highest BCUT2D eigenvalue weighted by Gasteiger charge is 2.09. The van der Waals surface area contributed by atoms with Crippen LogP contribution in [0, 0.1) is 5.82 Å². The van der Waals surface area contributed by atoms with Gasteiger partial charge in [-0.15, -0.1) is 5.10 Å². The first-order valence-electron chi connectivity index (χ1n) is 5.74. The zero-order valence-corrected chi connectivity index (χ0v) is 10.5. The first-order valence-corrected chi connectivity index (χ1v) is 5.74. The van der Waals surface area contributed by atoms with E-state index < -0.39 is 5.82 Å². The zero-order chi connectivity index (χ0) is 13.8. The molecule has 0 amide bonds. The molecule has 0 aliphatic rings. The van der Waals surface area contributed by atoms with Gasteiger partial charge in [0.25, 0.3) is 5.56 Å². The molecule has 0 aliphatic heterocycles. The van der Waals surface area contributed by atoms with Crippen LogP contribution in [0.25, 0.3) is 0 Å². The minimum Gasteiger partial charge on any atom is -0.480 e. The highest BCUT2D eigenvalue weighted by molar-refractivity contribution is 5.26. The number of hydrogen-bond donors (Lipinski definition) is 1. The molecule has 1 aromatic heterocycles. The van der Waals surface area contributed by atoms with Gasteiger partial charge in [0, 0.05) is 29.8 Å². The summed E-state index contributed by atoms with van der Waals surface area (Å²) in [5, 5.41) is 3.97. The zero-order valence-electron chi connectivity index (χ0n) is 10.5. The lowest BCUT2D eigenvalue weighted by Gasteiger charge is -2.09. The number of ether oxygens (including phenoxy) is 1. The maximum absolute atomic E-state index is 14.0. The molecule has 5 nitrogen and oxygen atoms in total. The van der Waals surface area contributed by atoms with E-state index in [9.17, 15) is 9.18 Å². The van der Waals surface area contributed by atoms with Crippen LogP contribution in [0.1, 0.15) is 11.1 Å². The standard InChI is InChI=1S/C13H14FN3O2/c1-19-11-5-6-12(18)17(16-11)8-10-4-2-3-9(7-15)13(10)14/h2-6H,7-8,15H2,1H3. The Bertz CT molecular complexity index is 640. The van der Waals surface area contributed by atoms with Crippen LogP contribution in [0.4, 0.5) is 4.39 Å². The van der Waals surface area contributed by atoms with Gasteiger partial charge in [0.2, 0.25) is 5.88 Å². The van der Waals surface area contributed by atoms with E-state index in [0.29, 0.717) is 17.0 Å². The summed E-state index contributed by atoms with van der Waals surface area (Å²) in [4.78, 5) is 11.7. The maximum atomic E-state index is 14.0. The number of hydrogen-bond acceptors (Lipinski definition) is 4. The summed E-state index contributed by atoms with van der Waals surface area (Å²) < 4.78 is 20.1. The van der Waals surface area contributed by atoms with E-state index >= 15 is 0 Å². The van der Waals surface area contributed by atoms with Gasteiger partial charge in [-0.05, 0) is 0 Å². The molecular weight excluding hydrogens is 249 g/mol. The topological polar surface area (TPSA) is 70.1 Å². The molecule has 2 rings (SSSR count). The number of nitrogens with two attached hydrogens (primary N) is 1. The van der Waals surface area contributed by atoms with Gasteiger partial charge in [-0.3, -0.25) is 4.79 Å². The SMILES string of the molecule is COc1ccc(=O)n(Cc2cccc(CN)c2F)n1. The molecule has 6 heteroatoms. The largest absolute Gasteiger partial charge is 0.480 e. The van der Waals surface area contributed by atoms with E-state index in [-0.39, 0.29) is 18.6 Å². The van der Waals surface area contributed by atoms with E-state index in [1.165, 1.54) is 19.2 Å². The van der Waals surface area contributed by atoms with E-state index in [2.05, 4.69) is 5.10 Å². The molecule has 0 fully saturated rings. The fourth-order valence-corrected chi connectivity index (χ4v) is 1.73. The van der Waals surface area contributed by atoms with Gasteiger partial charge >= 0.3 is 0 Å². The Hall–Kier alpha value is -2.21. The van der Waals surface area contributed by atoms with Gasteiger partial charge in [-0.25, -0.2) is 9.07 Å². The molecule has 0 atom stereocenters. The number of halogens is 1. The van der Waals surface area contributed by atoms with Crippen LogP contribution in [-0.2, 0) is 13.1 Å². The fourth-order valence-electron chi connectivity index (χ4n) is 1.73. The van der Waals surface area contributed by atoms with Crippen LogP contribution in [0.5, 0.6) is 5.88 Å². The molecule has 19 heavy (non-hydrogen) atoms. The molecule has 0 spiro atoms. The second kappa shape index (κ2) is 5.62. The van der Waals surface area contributed by atoms with Crippen molar-refractivity contribution >= 4 is 0 Å². The highest BCUT2D eigenvalue weighted by atomic mass is 19.1. The Morgan fingerprint density at radius 3 is 2.74 bits per heavy atom. The monoisotopic (exact) mass is 263 g/mol. The molecule has 0 aliphatic carbocycles. The predicted octanol–water partition coefficient (Wildman–Crippen LogP) is 0.898. The van der Waals surface area contributed by atoms with Crippen molar-refractivity contribution in [2.75, 3.05) is 7.11 Å².